The van der Waals surface area contributed by atoms with Gasteiger partial charge in [-0.15, -0.1) is 0 Å². The smallest absolute Gasteiger partial charge is 0.315 e. The van der Waals surface area contributed by atoms with E-state index in [1.54, 1.807) is 20.8 Å². The molecule has 124 valence electrons. The van der Waals surface area contributed by atoms with Crippen LogP contribution >= 0.6 is 0 Å². The first-order valence-corrected chi connectivity index (χ1v) is 7.95. The summed E-state index contributed by atoms with van der Waals surface area (Å²) < 4.78 is 5.27. The predicted molar refractivity (Wildman–Crippen MR) is 81.4 cm³/mol. The first-order valence-electron chi connectivity index (χ1n) is 7.95. The second kappa shape index (κ2) is 7.09. The number of urea groups is 1. The molecule has 2 amide bonds. The van der Waals surface area contributed by atoms with Crippen LogP contribution in [-0.2, 0) is 0 Å². The number of hydrogen-bond donors (Lipinski definition) is 3. The van der Waals surface area contributed by atoms with Crippen LogP contribution in [0.4, 0.5) is 4.79 Å². The molecule has 0 radical (unpaired) electrons. The molecule has 1 aromatic heterocycles. The Morgan fingerprint density at radius 3 is 2.73 bits per heavy atom. The zero-order valence-corrected chi connectivity index (χ0v) is 13.6. The highest BCUT2D eigenvalue weighted by molar-refractivity contribution is 5.74. The van der Waals surface area contributed by atoms with Gasteiger partial charge in [0, 0.05) is 12.5 Å². The van der Waals surface area contributed by atoms with Crippen molar-refractivity contribution >= 4 is 6.03 Å². The lowest BCUT2D eigenvalue weighted by Gasteiger charge is -2.19. The van der Waals surface area contributed by atoms with Crippen LogP contribution in [0.2, 0.25) is 0 Å². The SMILES string of the molecule is CC(NC(=O)NCC(C)(C)O)c1nc(C2CCCCC2)no1. The van der Waals surface area contributed by atoms with E-state index in [2.05, 4.69) is 20.8 Å². The summed E-state index contributed by atoms with van der Waals surface area (Å²) in [5.74, 6) is 1.54. The Morgan fingerprint density at radius 1 is 1.41 bits per heavy atom. The van der Waals surface area contributed by atoms with Gasteiger partial charge in [0.1, 0.15) is 6.04 Å². The van der Waals surface area contributed by atoms with Crippen molar-refractivity contribution in [2.24, 2.45) is 0 Å². The third kappa shape index (κ3) is 4.98. The molecule has 22 heavy (non-hydrogen) atoms. The fourth-order valence-corrected chi connectivity index (χ4v) is 2.56. The fraction of sp³-hybridized carbons (Fsp3) is 0.800. The van der Waals surface area contributed by atoms with Crippen LogP contribution in [0.1, 0.15) is 76.6 Å². The van der Waals surface area contributed by atoms with Crippen LogP contribution in [0.5, 0.6) is 0 Å². The van der Waals surface area contributed by atoms with Gasteiger partial charge in [0.25, 0.3) is 0 Å². The number of hydrogen-bond acceptors (Lipinski definition) is 5. The standard InChI is InChI=1S/C15H26N4O3/c1-10(17-14(20)16-9-15(2,3)21)13-18-12(19-22-13)11-7-5-4-6-8-11/h10-11,21H,4-9H2,1-3H3,(H2,16,17,20). The third-order valence-electron chi connectivity index (χ3n) is 3.83. The lowest BCUT2D eigenvalue weighted by atomic mass is 9.89. The summed E-state index contributed by atoms with van der Waals surface area (Å²) in [4.78, 5) is 16.2. The molecule has 1 unspecified atom stereocenters. The number of carbonyl (C=O) groups excluding carboxylic acids is 1. The van der Waals surface area contributed by atoms with Gasteiger partial charge in [-0.25, -0.2) is 4.79 Å². The van der Waals surface area contributed by atoms with E-state index in [9.17, 15) is 9.90 Å². The molecule has 0 aliphatic heterocycles. The summed E-state index contributed by atoms with van der Waals surface area (Å²) in [6.45, 7) is 5.22. The second-order valence-electron chi connectivity index (χ2n) is 6.69. The highest BCUT2D eigenvalue weighted by Crippen LogP contribution is 2.31. The number of nitrogens with one attached hydrogen (secondary N) is 2. The van der Waals surface area contributed by atoms with Crippen molar-refractivity contribution in [3.8, 4) is 0 Å². The van der Waals surface area contributed by atoms with Crippen LogP contribution in [0.3, 0.4) is 0 Å². The highest BCUT2D eigenvalue weighted by Gasteiger charge is 2.23. The molecule has 0 bridgehead atoms. The van der Waals surface area contributed by atoms with Crippen molar-refractivity contribution in [3.05, 3.63) is 11.7 Å². The van der Waals surface area contributed by atoms with Gasteiger partial charge >= 0.3 is 6.03 Å². The summed E-state index contributed by atoms with van der Waals surface area (Å²) >= 11 is 0. The average Bonchev–Trinajstić information content (AvgIpc) is 2.95. The predicted octanol–water partition coefficient (Wildman–Crippen LogP) is 2.25. The van der Waals surface area contributed by atoms with Crippen molar-refractivity contribution in [2.45, 2.75) is 70.4 Å². The highest BCUT2D eigenvalue weighted by atomic mass is 16.5. The Bertz CT molecular complexity index is 489. The lowest BCUT2D eigenvalue weighted by Crippen LogP contribution is -2.44. The Labute approximate surface area is 130 Å². The van der Waals surface area contributed by atoms with E-state index in [0.717, 1.165) is 18.7 Å². The normalized spacial score (nSPS) is 18.0. The average molecular weight is 310 g/mol. The van der Waals surface area contributed by atoms with Gasteiger partial charge in [-0.3, -0.25) is 0 Å². The van der Waals surface area contributed by atoms with Crippen molar-refractivity contribution in [3.63, 3.8) is 0 Å². The molecular weight excluding hydrogens is 284 g/mol. The lowest BCUT2D eigenvalue weighted by molar-refractivity contribution is 0.0817. The largest absolute Gasteiger partial charge is 0.389 e. The minimum absolute atomic E-state index is 0.169. The molecule has 1 aromatic rings. The van der Waals surface area contributed by atoms with Crippen molar-refractivity contribution in [1.29, 1.82) is 0 Å². The van der Waals surface area contributed by atoms with E-state index in [1.807, 2.05) is 0 Å². The third-order valence-corrected chi connectivity index (χ3v) is 3.83. The maximum atomic E-state index is 11.8. The molecule has 1 heterocycles. The Morgan fingerprint density at radius 2 is 2.09 bits per heavy atom. The molecule has 0 spiro atoms. The molecule has 1 aliphatic carbocycles. The molecule has 1 fully saturated rings. The number of rotatable bonds is 5. The van der Waals surface area contributed by atoms with Gasteiger partial charge in [-0.1, -0.05) is 24.4 Å². The van der Waals surface area contributed by atoms with Crippen LogP contribution < -0.4 is 10.6 Å². The summed E-state index contributed by atoms with van der Waals surface area (Å²) in [5.41, 5.74) is -0.945. The summed E-state index contributed by atoms with van der Waals surface area (Å²) in [6.07, 6.45) is 5.91. The molecule has 0 saturated heterocycles. The minimum Gasteiger partial charge on any atom is -0.389 e. The Balaban J connectivity index is 1.86. The van der Waals surface area contributed by atoms with E-state index >= 15 is 0 Å². The van der Waals surface area contributed by atoms with Gasteiger partial charge in [-0.05, 0) is 33.6 Å². The minimum atomic E-state index is -0.945. The zero-order chi connectivity index (χ0) is 16.2. The fourth-order valence-electron chi connectivity index (χ4n) is 2.56. The van der Waals surface area contributed by atoms with Gasteiger partial charge in [0.05, 0.1) is 5.60 Å². The van der Waals surface area contributed by atoms with Gasteiger partial charge in [-0.2, -0.15) is 4.98 Å². The van der Waals surface area contributed by atoms with E-state index in [0.29, 0.717) is 11.8 Å². The number of aliphatic hydroxyl groups is 1. The number of aromatic nitrogens is 2. The first-order chi connectivity index (χ1) is 10.3. The number of amides is 2. The summed E-state index contributed by atoms with van der Waals surface area (Å²) in [6, 6.07) is -0.737. The Kier molecular flexibility index (Phi) is 5.39. The van der Waals surface area contributed by atoms with Crippen molar-refractivity contribution < 1.29 is 14.4 Å². The Hall–Kier alpha value is -1.63. The molecule has 7 heteroatoms. The molecule has 7 nitrogen and oxygen atoms in total. The molecule has 3 N–H and O–H groups in total. The summed E-state index contributed by atoms with van der Waals surface area (Å²) in [5, 5.41) is 19.0. The van der Waals surface area contributed by atoms with E-state index in [-0.39, 0.29) is 18.6 Å². The van der Waals surface area contributed by atoms with E-state index < -0.39 is 5.60 Å². The van der Waals surface area contributed by atoms with Crippen LogP contribution in [0.15, 0.2) is 4.52 Å². The number of nitrogens with zero attached hydrogens (tertiary/aromatic N) is 2. The molecule has 0 aromatic carbocycles. The zero-order valence-electron chi connectivity index (χ0n) is 13.6. The number of carbonyl (C=O) groups is 1. The van der Waals surface area contributed by atoms with Crippen molar-refractivity contribution in [2.75, 3.05) is 6.54 Å². The molecule has 1 atom stereocenters. The van der Waals surface area contributed by atoms with Gasteiger partial charge in [0.15, 0.2) is 5.82 Å². The molecular formula is C15H26N4O3. The van der Waals surface area contributed by atoms with Gasteiger partial charge < -0.3 is 20.3 Å². The monoisotopic (exact) mass is 310 g/mol. The van der Waals surface area contributed by atoms with Crippen molar-refractivity contribution in [1.82, 2.24) is 20.8 Å². The van der Waals surface area contributed by atoms with Crippen LogP contribution in [-0.4, -0.2) is 33.4 Å². The van der Waals surface area contributed by atoms with Gasteiger partial charge in [0.2, 0.25) is 5.89 Å². The molecule has 1 saturated carbocycles. The van der Waals surface area contributed by atoms with E-state index in [4.69, 9.17) is 4.52 Å². The quantitative estimate of drug-likeness (QED) is 0.774. The van der Waals surface area contributed by atoms with Crippen LogP contribution in [0.25, 0.3) is 0 Å². The van der Waals surface area contributed by atoms with Crippen LogP contribution in [0, 0.1) is 0 Å². The maximum absolute atomic E-state index is 11.8. The maximum Gasteiger partial charge on any atom is 0.315 e. The molecule has 1 aliphatic rings. The molecule has 2 rings (SSSR count). The summed E-state index contributed by atoms with van der Waals surface area (Å²) in [7, 11) is 0. The topological polar surface area (TPSA) is 100 Å². The first kappa shape index (κ1) is 16.7. The second-order valence-corrected chi connectivity index (χ2v) is 6.69. The van der Waals surface area contributed by atoms with E-state index in [1.165, 1.54) is 19.3 Å².